The number of allylic oxidation sites excluding steroid dienone is 1. The first kappa shape index (κ1) is 8.47. The normalized spacial score (nSPS) is 27.5. The summed E-state index contributed by atoms with van der Waals surface area (Å²) in [5.41, 5.74) is 7.95. The van der Waals surface area contributed by atoms with Gasteiger partial charge < -0.3 is 5.73 Å². The van der Waals surface area contributed by atoms with E-state index < -0.39 is 0 Å². The number of aliphatic imine (C=N–C) groups is 1. The van der Waals surface area contributed by atoms with Gasteiger partial charge in [-0.2, -0.15) is 0 Å². The predicted octanol–water partition coefficient (Wildman–Crippen LogP) is 1.72. The molecule has 0 spiro atoms. The standard InChI is InChI=1S/C9H16N2/c1-6-4-5-9(7(2)10)11-8(6)3/h5-7H,4,10H2,1-3H3. The molecule has 2 unspecified atom stereocenters. The fourth-order valence-corrected chi connectivity index (χ4v) is 1.12. The molecule has 1 rings (SSSR count). The van der Waals surface area contributed by atoms with Crippen molar-refractivity contribution >= 4 is 5.71 Å². The summed E-state index contributed by atoms with van der Waals surface area (Å²) >= 11 is 0. The van der Waals surface area contributed by atoms with Gasteiger partial charge in [0.25, 0.3) is 0 Å². The molecule has 0 bridgehead atoms. The van der Waals surface area contributed by atoms with Gasteiger partial charge in [-0.05, 0) is 26.2 Å². The average Bonchev–Trinajstić information content (AvgIpc) is 1.94. The highest BCUT2D eigenvalue weighted by Crippen LogP contribution is 2.17. The molecular formula is C9H16N2. The molecule has 0 radical (unpaired) electrons. The van der Waals surface area contributed by atoms with Crippen molar-refractivity contribution in [3.8, 4) is 0 Å². The Bertz CT molecular complexity index is 202. The van der Waals surface area contributed by atoms with Gasteiger partial charge in [0, 0.05) is 11.8 Å². The molecule has 1 heterocycles. The Morgan fingerprint density at radius 3 is 2.82 bits per heavy atom. The lowest BCUT2D eigenvalue weighted by atomic mass is 9.98. The van der Waals surface area contributed by atoms with Crippen LogP contribution in [0.2, 0.25) is 0 Å². The summed E-state index contributed by atoms with van der Waals surface area (Å²) < 4.78 is 0. The molecule has 2 N–H and O–H groups in total. The molecule has 1 aliphatic rings. The Hall–Kier alpha value is -0.630. The topological polar surface area (TPSA) is 38.4 Å². The largest absolute Gasteiger partial charge is 0.323 e. The Kier molecular flexibility index (Phi) is 2.45. The monoisotopic (exact) mass is 152 g/mol. The highest BCUT2D eigenvalue weighted by atomic mass is 14.8. The third kappa shape index (κ3) is 1.90. The molecular weight excluding hydrogens is 136 g/mol. The summed E-state index contributed by atoms with van der Waals surface area (Å²) in [6.45, 7) is 6.23. The summed E-state index contributed by atoms with van der Waals surface area (Å²) in [7, 11) is 0. The van der Waals surface area contributed by atoms with Crippen LogP contribution in [0.4, 0.5) is 0 Å². The van der Waals surface area contributed by atoms with Crippen molar-refractivity contribution in [2.24, 2.45) is 16.6 Å². The quantitative estimate of drug-likeness (QED) is 0.610. The van der Waals surface area contributed by atoms with E-state index in [0.717, 1.165) is 12.1 Å². The molecule has 2 atom stereocenters. The summed E-state index contributed by atoms with van der Waals surface area (Å²) in [6, 6.07) is 0.0810. The first-order chi connectivity index (χ1) is 5.11. The lowest BCUT2D eigenvalue weighted by Gasteiger charge is -2.17. The SMILES string of the molecule is CC1=NC(C(C)N)=CCC1C. The van der Waals surface area contributed by atoms with Crippen molar-refractivity contribution in [3.63, 3.8) is 0 Å². The maximum Gasteiger partial charge on any atom is 0.0528 e. The molecule has 0 aromatic rings. The fourth-order valence-electron chi connectivity index (χ4n) is 1.12. The minimum Gasteiger partial charge on any atom is -0.323 e. The van der Waals surface area contributed by atoms with Gasteiger partial charge in [-0.1, -0.05) is 13.0 Å². The zero-order valence-electron chi connectivity index (χ0n) is 7.46. The van der Waals surface area contributed by atoms with E-state index in [2.05, 4.69) is 24.9 Å². The first-order valence-electron chi connectivity index (χ1n) is 4.12. The molecule has 0 aromatic heterocycles. The van der Waals surface area contributed by atoms with Crippen molar-refractivity contribution in [1.29, 1.82) is 0 Å². The van der Waals surface area contributed by atoms with Gasteiger partial charge in [0.15, 0.2) is 0 Å². The molecule has 0 aliphatic carbocycles. The maximum absolute atomic E-state index is 5.70. The molecule has 0 saturated heterocycles. The zero-order valence-corrected chi connectivity index (χ0v) is 7.46. The number of rotatable bonds is 1. The van der Waals surface area contributed by atoms with Crippen LogP contribution >= 0.6 is 0 Å². The second-order valence-corrected chi connectivity index (χ2v) is 3.31. The van der Waals surface area contributed by atoms with Gasteiger partial charge in [-0.15, -0.1) is 0 Å². The summed E-state index contributed by atoms with van der Waals surface area (Å²) in [4.78, 5) is 4.42. The average molecular weight is 152 g/mol. The van der Waals surface area contributed by atoms with Crippen LogP contribution in [-0.2, 0) is 0 Å². The third-order valence-corrected chi connectivity index (χ3v) is 2.17. The molecule has 0 aromatic carbocycles. The Labute approximate surface area is 68.2 Å². The third-order valence-electron chi connectivity index (χ3n) is 2.17. The van der Waals surface area contributed by atoms with Crippen molar-refractivity contribution in [1.82, 2.24) is 0 Å². The fraction of sp³-hybridized carbons (Fsp3) is 0.667. The van der Waals surface area contributed by atoms with Crippen LogP contribution in [0.1, 0.15) is 27.2 Å². The summed E-state index contributed by atoms with van der Waals surface area (Å²) in [6.07, 6.45) is 3.23. The minimum absolute atomic E-state index is 0.0810. The summed E-state index contributed by atoms with van der Waals surface area (Å²) in [5.74, 6) is 0.595. The maximum atomic E-state index is 5.70. The Balaban J connectivity index is 2.74. The number of hydrogen-bond acceptors (Lipinski definition) is 2. The van der Waals surface area contributed by atoms with Gasteiger partial charge in [0.2, 0.25) is 0 Å². The lowest BCUT2D eigenvalue weighted by molar-refractivity contribution is 0.730. The number of nitrogens with two attached hydrogens (primary N) is 1. The van der Waals surface area contributed by atoms with Crippen LogP contribution in [0.15, 0.2) is 16.8 Å². The van der Waals surface area contributed by atoms with Crippen molar-refractivity contribution in [2.75, 3.05) is 0 Å². The molecule has 2 nitrogen and oxygen atoms in total. The van der Waals surface area contributed by atoms with Crippen LogP contribution in [0, 0.1) is 5.92 Å². The van der Waals surface area contributed by atoms with E-state index >= 15 is 0 Å². The van der Waals surface area contributed by atoms with Crippen LogP contribution in [-0.4, -0.2) is 11.8 Å². The van der Waals surface area contributed by atoms with Crippen LogP contribution < -0.4 is 5.73 Å². The Morgan fingerprint density at radius 1 is 1.73 bits per heavy atom. The van der Waals surface area contributed by atoms with Gasteiger partial charge in [0.1, 0.15) is 0 Å². The van der Waals surface area contributed by atoms with E-state index in [0.29, 0.717) is 5.92 Å². The van der Waals surface area contributed by atoms with Gasteiger partial charge in [-0.25, -0.2) is 0 Å². The van der Waals surface area contributed by atoms with Gasteiger partial charge in [0.05, 0.1) is 5.70 Å². The molecule has 0 amide bonds. The van der Waals surface area contributed by atoms with E-state index in [1.165, 1.54) is 5.71 Å². The smallest absolute Gasteiger partial charge is 0.0528 e. The van der Waals surface area contributed by atoms with E-state index in [1.807, 2.05) is 6.92 Å². The highest BCUT2D eigenvalue weighted by Gasteiger charge is 2.12. The van der Waals surface area contributed by atoms with E-state index in [4.69, 9.17) is 5.73 Å². The van der Waals surface area contributed by atoms with Gasteiger partial charge >= 0.3 is 0 Å². The minimum atomic E-state index is 0.0810. The zero-order chi connectivity index (χ0) is 8.43. The molecule has 1 aliphatic heterocycles. The van der Waals surface area contributed by atoms with Crippen molar-refractivity contribution in [2.45, 2.75) is 33.2 Å². The van der Waals surface area contributed by atoms with Crippen LogP contribution in [0.5, 0.6) is 0 Å². The van der Waals surface area contributed by atoms with Crippen molar-refractivity contribution in [3.05, 3.63) is 11.8 Å². The molecule has 0 saturated carbocycles. The van der Waals surface area contributed by atoms with E-state index in [1.54, 1.807) is 0 Å². The highest BCUT2D eigenvalue weighted by molar-refractivity contribution is 5.86. The predicted molar refractivity (Wildman–Crippen MR) is 48.6 cm³/mol. The van der Waals surface area contributed by atoms with E-state index in [9.17, 15) is 0 Å². The van der Waals surface area contributed by atoms with Crippen molar-refractivity contribution < 1.29 is 0 Å². The summed E-state index contributed by atoms with van der Waals surface area (Å²) in [5, 5.41) is 0. The van der Waals surface area contributed by atoms with Gasteiger partial charge in [-0.3, -0.25) is 4.99 Å². The molecule has 2 heteroatoms. The Morgan fingerprint density at radius 2 is 2.36 bits per heavy atom. The van der Waals surface area contributed by atoms with Crippen LogP contribution in [0.3, 0.4) is 0 Å². The molecule has 0 fully saturated rings. The first-order valence-corrected chi connectivity index (χ1v) is 4.12. The van der Waals surface area contributed by atoms with E-state index in [-0.39, 0.29) is 6.04 Å². The number of hydrogen-bond donors (Lipinski definition) is 1. The molecule has 11 heavy (non-hydrogen) atoms. The lowest BCUT2D eigenvalue weighted by Crippen LogP contribution is -2.21. The molecule has 62 valence electrons. The second kappa shape index (κ2) is 3.18. The number of nitrogens with zero attached hydrogens (tertiary/aromatic N) is 1. The van der Waals surface area contributed by atoms with Crippen LogP contribution in [0.25, 0.3) is 0 Å². The second-order valence-electron chi connectivity index (χ2n) is 3.31.